The van der Waals surface area contributed by atoms with Crippen LogP contribution < -0.4 is 10.1 Å². The van der Waals surface area contributed by atoms with Crippen molar-refractivity contribution in [1.29, 1.82) is 0 Å². The molecule has 0 bridgehead atoms. The van der Waals surface area contributed by atoms with Crippen molar-refractivity contribution in [2.24, 2.45) is 0 Å². The van der Waals surface area contributed by atoms with Gasteiger partial charge in [-0.15, -0.1) is 0 Å². The fraction of sp³-hybridized carbons (Fsp3) is 0.667. The molecule has 2 fully saturated rings. The normalized spacial score (nSPS) is 23.8. The van der Waals surface area contributed by atoms with Gasteiger partial charge in [0.05, 0.1) is 11.8 Å². The van der Waals surface area contributed by atoms with Gasteiger partial charge in [-0.1, -0.05) is 0 Å². The topological polar surface area (TPSA) is 37.4 Å². The standard InChI is InChI=1S/C15H23N3O/c1-11(2)19-15-14(4-3-8-16-15)17-12-7-9-18(10-12)13-5-6-13/h3-4,8,11-13,17H,5-7,9-10H2,1-2H3. The zero-order valence-electron chi connectivity index (χ0n) is 11.8. The largest absolute Gasteiger partial charge is 0.473 e. The number of nitrogens with zero attached hydrogens (tertiary/aromatic N) is 2. The second-order valence-corrected chi connectivity index (χ2v) is 5.88. The van der Waals surface area contributed by atoms with Crippen molar-refractivity contribution in [2.45, 2.75) is 51.3 Å². The highest BCUT2D eigenvalue weighted by molar-refractivity contribution is 5.53. The minimum Gasteiger partial charge on any atom is -0.473 e. The van der Waals surface area contributed by atoms with Gasteiger partial charge >= 0.3 is 0 Å². The summed E-state index contributed by atoms with van der Waals surface area (Å²) >= 11 is 0. The van der Waals surface area contributed by atoms with Crippen molar-refractivity contribution in [1.82, 2.24) is 9.88 Å². The monoisotopic (exact) mass is 261 g/mol. The molecule has 0 amide bonds. The number of ether oxygens (including phenoxy) is 1. The Balaban J connectivity index is 1.62. The number of aromatic nitrogens is 1. The van der Waals surface area contributed by atoms with Gasteiger partial charge in [0, 0.05) is 31.4 Å². The minimum atomic E-state index is 0.155. The van der Waals surface area contributed by atoms with Gasteiger partial charge in [-0.3, -0.25) is 4.90 Å². The second kappa shape index (κ2) is 5.37. The highest BCUT2D eigenvalue weighted by Gasteiger charge is 2.34. The number of pyridine rings is 1. The summed E-state index contributed by atoms with van der Waals surface area (Å²) in [5, 5.41) is 3.60. The summed E-state index contributed by atoms with van der Waals surface area (Å²) in [7, 11) is 0. The third kappa shape index (κ3) is 3.18. The molecular formula is C15H23N3O. The third-order valence-electron chi connectivity index (χ3n) is 3.76. The zero-order chi connectivity index (χ0) is 13.2. The lowest BCUT2D eigenvalue weighted by molar-refractivity contribution is 0.234. The molecule has 4 nitrogen and oxygen atoms in total. The van der Waals surface area contributed by atoms with Gasteiger partial charge in [0.25, 0.3) is 0 Å². The van der Waals surface area contributed by atoms with Crippen LogP contribution in [-0.2, 0) is 0 Å². The fourth-order valence-electron chi connectivity index (χ4n) is 2.71. The first-order valence-corrected chi connectivity index (χ1v) is 7.34. The Morgan fingerprint density at radius 2 is 2.21 bits per heavy atom. The third-order valence-corrected chi connectivity index (χ3v) is 3.76. The molecule has 4 heteroatoms. The number of hydrogen-bond donors (Lipinski definition) is 1. The molecule has 1 aromatic rings. The Morgan fingerprint density at radius 3 is 2.95 bits per heavy atom. The summed E-state index contributed by atoms with van der Waals surface area (Å²) in [4.78, 5) is 6.94. The van der Waals surface area contributed by atoms with E-state index in [-0.39, 0.29) is 6.10 Å². The van der Waals surface area contributed by atoms with Gasteiger partial charge in [0.15, 0.2) is 0 Å². The van der Waals surface area contributed by atoms with E-state index >= 15 is 0 Å². The molecule has 1 unspecified atom stereocenters. The molecule has 19 heavy (non-hydrogen) atoms. The van der Waals surface area contributed by atoms with E-state index in [1.165, 1.54) is 25.8 Å². The predicted octanol–water partition coefficient (Wildman–Crippen LogP) is 2.52. The number of likely N-dealkylation sites (tertiary alicyclic amines) is 1. The molecular weight excluding hydrogens is 238 g/mol. The van der Waals surface area contributed by atoms with Crippen molar-refractivity contribution in [3.05, 3.63) is 18.3 Å². The summed E-state index contributed by atoms with van der Waals surface area (Å²) in [6, 6.07) is 5.42. The van der Waals surface area contributed by atoms with Crippen LogP contribution in [0.3, 0.4) is 0 Å². The molecule has 1 aliphatic heterocycles. The van der Waals surface area contributed by atoms with E-state index in [0.29, 0.717) is 6.04 Å². The van der Waals surface area contributed by atoms with Crippen LogP contribution in [0.15, 0.2) is 18.3 Å². The van der Waals surface area contributed by atoms with Crippen LogP contribution in [0, 0.1) is 0 Å². The van der Waals surface area contributed by atoms with Crippen LogP contribution in [0.4, 0.5) is 5.69 Å². The molecule has 3 rings (SSSR count). The summed E-state index contributed by atoms with van der Waals surface area (Å²) in [5.74, 6) is 0.724. The SMILES string of the molecule is CC(C)Oc1ncccc1NC1CCN(C2CC2)C1. The molecule has 2 aliphatic rings. The quantitative estimate of drug-likeness (QED) is 0.883. The molecule has 0 spiro atoms. The second-order valence-electron chi connectivity index (χ2n) is 5.88. The molecule has 104 valence electrons. The smallest absolute Gasteiger partial charge is 0.237 e. The van der Waals surface area contributed by atoms with Crippen LogP contribution in [-0.4, -0.2) is 41.2 Å². The number of hydrogen-bond acceptors (Lipinski definition) is 4. The molecule has 1 atom stereocenters. The van der Waals surface area contributed by atoms with Gasteiger partial charge in [0.2, 0.25) is 5.88 Å². The highest BCUT2D eigenvalue weighted by atomic mass is 16.5. The van der Waals surface area contributed by atoms with Gasteiger partial charge < -0.3 is 10.1 Å². The van der Waals surface area contributed by atoms with Crippen LogP contribution in [0.2, 0.25) is 0 Å². The first kappa shape index (κ1) is 12.7. The van der Waals surface area contributed by atoms with Gasteiger partial charge in [-0.05, 0) is 45.2 Å². The molecule has 0 aromatic carbocycles. The predicted molar refractivity (Wildman–Crippen MR) is 76.6 cm³/mol. The van der Waals surface area contributed by atoms with Crippen LogP contribution >= 0.6 is 0 Å². The van der Waals surface area contributed by atoms with Crippen LogP contribution in [0.5, 0.6) is 5.88 Å². The molecule has 1 aliphatic carbocycles. The van der Waals surface area contributed by atoms with Gasteiger partial charge in [-0.25, -0.2) is 4.98 Å². The van der Waals surface area contributed by atoms with E-state index in [1.807, 2.05) is 19.9 Å². The molecule has 1 N–H and O–H groups in total. The first-order chi connectivity index (χ1) is 9.22. The maximum atomic E-state index is 5.76. The Morgan fingerprint density at radius 1 is 1.37 bits per heavy atom. The van der Waals surface area contributed by atoms with Crippen LogP contribution in [0.25, 0.3) is 0 Å². The van der Waals surface area contributed by atoms with Crippen LogP contribution in [0.1, 0.15) is 33.1 Å². The first-order valence-electron chi connectivity index (χ1n) is 7.34. The minimum absolute atomic E-state index is 0.155. The Hall–Kier alpha value is -1.29. The van der Waals surface area contributed by atoms with Crippen molar-refractivity contribution in [3.8, 4) is 5.88 Å². The van der Waals surface area contributed by atoms with E-state index < -0.39 is 0 Å². The Kier molecular flexibility index (Phi) is 3.60. The van der Waals surface area contributed by atoms with E-state index in [2.05, 4.69) is 21.3 Å². The summed E-state index contributed by atoms with van der Waals surface area (Å²) < 4.78 is 5.76. The highest BCUT2D eigenvalue weighted by Crippen LogP contribution is 2.31. The van der Waals surface area contributed by atoms with E-state index in [0.717, 1.165) is 24.2 Å². The van der Waals surface area contributed by atoms with Crippen molar-refractivity contribution in [3.63, 3.8) is 0 Å². The molecule has 1 saturated carbocycles. The lowest BCUT2D eigenvalue weighted by atomic mass is 10.2. The van der Waals surface area contributed by atoms with E-state index in [9.17, 15) is 0 Å². The maximum absolute atomic E-state index is 5.76. The maximum Gasteiger partial charge on any atom is 0.237 e. The van der Waals surface area contributed by atoms with Crippen molar-refractivity contribution < 1.29 is 4.74 Å². The molecule has 1 aromatic heterocycles. The molecule has 0 radical (unpaired) electrons. The molecule has 2 heterocycles. The number of anilines is 1. The van der Waals surface area contributed by atoms with Crippen molar-refractivity contribution in [2.75, 3.05) is 18.4 Å². The Bertz CT molecular complexity index is 431. The average molecular weight is 261 g/mol. The summed E-state index contributed by atoms with van der Waals surface area (Å²) in [5.41, 5.74) is 1.03. The number of nitrogens with one attached hydrogen (secondary N) is 1. The summed E-state index contributed by atoms with van der Waals surface area (Å²) in [6.07, 6.45) is 5.94. The van der Waals surface area contributed by atoms with Gasteiger partial charge in [0.1, 0.15) is 0 Å². The Labute approximate surface area is 115 Å². The summed E-state index contributed by atoms with van der Waals surface area (Å²) in [6.45, 7) is 6.44. The zero-order valence-corrected chi connectivity index (χ0v) is 11.8. The van der Waals surface area contributed by atoms with E-state index in [4.69, 9.17) is 4.74 Å². The van der Waals surface area contributed by atoms with Crippen molar-refractivity contribution >= 4 is 5.69 Å². The average Bonchev–Trinajstić information content (AvgIpc) is 3.12. The van der Waals surface area contributed by atoms with E-state index in [1.54, 1.807) is 6.20 Å². The van der Waals surface area contributed by atoms with Gasteiger partial charge in [-0.2, -0.15) is 0 Å². The lowest BCUT2D eigenvalue weighted by Gasteiger charge is -2.19. The number of rotatable bonds is 5. The molecule has 1 saturated heterocycles. The fourth-order valence-corrected chi connectivity index (χ4v) is 2.71. The lowest BCUT2D eigenvalue weighted by Crippen LogP contribution is -2.28.